The molecule has 4 rings (SSSR count). The maximum atomic E-state index is 12.5. The molecule has 134 valence electrons. The van der Waals surface area contributed by atoms with E-state index in [0.717, 1.165) is 23.7 Å². The minimum Gasteiger partial charge on any atom is -0.418 e. The number of carbonyl (C=O) groups excluding carboxylic acids is 1. The van der Waals surface area contributed by atoms with E-state index in [0.29, 0.717) is 17.3 Å². The summed E-state index contributed by atoms with van der Waals surface area (Å²) >= 11 is 1.54. The first kappa shape index (κ1) is 16.8. The topological polar surface area (TPSA) is 71.3 Å². The third kappa shape index (κ3) is 3.77. The fourth-order valence-corrected chi connectivity index (χ4v) is 3.72. The van der Waals surface area contributed by atoms with Gasteiger partial charge in [-0.1, -0.05) is 12.1 Å². The Labute approximate surface area is 155 Å². The van der Waals surface area contributed by atoms with Crippen LogP contribution in [0.25, 0.3) is 10.8 Å². The van der Waals surface area contributed by atoms with Crippen molar-refractivity contribution in [3.8, 4) is 10.8 Å². The normalized spacial score (nSPS) is 14.4. The summed E-state index contributed by atoms with van der Waals surface area (Å²) in [4.78, 5) is 15.7. The van der Waals surface area contributed by atoms with Crippen LogP contribution >= 0.6 is 11.3 Å². The summed E-state index contributed by atoms with van der Waals surface area (Å²) in [6.45, 7) is 2.32. The van der Waals surface area contributed by atoms with Crippen LogP contribution in [-0.2, 0) is 6.54 Å². The van der Waals surface area contributed by atoms with Crippen molar-refractivity contribution < 1.29 is 9.21 Å². The van der Waals surface area contributed by atoms with Gasteiger partial charge < -0.3 is 14.6 Å². The van der Waals surface area contributed by atoms with Crippen molar-refractivity contribution in [3.05, 3.63) is 53.2 Å². The first-order chi connectivity index (χ1) is 12.8. The van der Waals surface area contributed by atoms with Crippen molar-refractivity contribution in [1.82, 2.24) is 15.5 Å². The highest BCUT2D eigenvalue weighted by Gasteiger charge is 2.14. The Morgan fingerprint density at radius 3 is 2.85 bits per heavy atom. The number of benzene rings is 1. The zero-order valence-corrected chi connectivity index (χ0v) is 15.2. The highest BCUT2D eigenvalue weighted by atomic mass is 32.1. The number of piperidine rings is 1. The van der Waals surface area contributed by atoms with Gasteiger partial charge in [-0.15, -0.1) is 21.5 Å². The molecule has 0 unspecified atom stereocenters. The molecule has 6 nitrogen and oxygen atoms in total. The average Bonchev–Trinajstić information content (AvgIpc) is 3.38. The first-order valence-corrected chi connectivity index (χ1v) is 9.67. The molecule has 2 aromatic heterocycles. The minimum atomic E-state index is -0.139. The number of nitrogens with one attached hydrogen (secondary N) is 1. The molecule has 1 saturated heterocycles. The summed E-state index contributed by atoms with van der Waals surface area (Å²) in [7, 11) is 0. The molecule has 0 aliphatic carbocycles. The maximum Gasteiger partial charge on any atom is 0.257 e. The molecule has 0 spiro atoms. The molecule has 1 aliphatic rings. The average molecular weight is 368 g/mol. The third-order valence-electron chi connectivity index (χ3n) is 4.43. The van der Waals surface area contributed by atoms with Gasteiger partial charge in [0, 0.05) is 24.3 Å². The third-order valence-corrected chi connectivity index (χ3v) is 5.29. The number of amides is 1. The van der Waals surface area contributed by atoms with E-state index in [2.05, 4.69) is 26.5 Å². The van der Waals surface area contributed by atoms with Crippen LogP contribution in [0.1, 0.15) is 35.5 Å². The van der Waals surface area contributed by atoms with Crippen molar-refractivity contribution in [1.29, 1.82) is 0 Å². The van der Waals surface area contributed by atoms with Crippen LogP contribution in [0.3, 0.4) is 0 Å². The van der Waals surface area contributed by atoms with Crippen molar-refractivity contribution >= 4 is 22.9 Å². The van der Waals surface area contributed by atoms with Crippen molar-refractivity contribution in [2.45, 2.75) is 25.8 Å². The fourth-order valence-electron chi connectivity index (χ4n) is 3.08. The summed E-state index contributed by atoms with van der Waals surface area (Å²) < 4.78 is 5.60. The van der Waals surface area contributed by atoms with Gasteiger partial charge in [0.1, 0.15) is 0 Å². The second-order valence-electron chi connectivity index (χ2n) is 6.26. The van der Waals surface area contributed by atoms with Gasteiger partial charge in [0.2, 0.25) is 5.89 Å². The number of rotatable bonds is 5. The molecule has 1 N–H and O–H groups in total. The van der Waals surface area contributed by atoms with Crippen LogP contribution in [0.5, 0.6) is 0 Å². The predicted octanol–water partition coefficient (Wildman–Crippen LogP) is 3.72. The molecule has 0 saturated carbocycles. The molecule has 26 heavy (non-hydrogen) atoms. The van der Waals surface area contributed by atoms with E-state index in [1.165, 1.54) is 30.6 Å². The largest absolute Gasteiger partial charge is 0.418 e. The van der Waals surface area contributed by atoms with E-state index < -0.39 is 0 Å². The van der Waals surface area contributed by atoms with Gasteiger partial charge in [0.05, 0.1) is 11.4 Å². The number of thiophene rings is 1. The van der Waals surface area contributed by atoms with E-state index in [1.54, 1.807) is 0 Å². The van der Waals surface area contributed by atoms with Crippen molar-refractivity contribution in [2.75, 3.05) is 18.0 Å². The molecule has 0 bridgehead atoms. The number of aromatic nitrogens is 2. The molecule has 1 aliphatic heterocycles. The predicted molar refractivity (Wildman–Crippen MR) is 101 cm³/mol. The zero-order chi connectivity index (χ0) is 17.8. The quantitative estimate of drug-likeness (QED) is 0.743. The Morgan fingerprint density at radius 1 is 1.15 bits per heavy atom. The van der Waals surface area contributed by atoms with Gasteiger partial charge in [-0.25, -0.2) is 0 Å². The number of nitrogens with zero attached hydrogens (tertiary/aromatic N) is 3. The van der Waals surface area contributed by atoms with Gasteiger partial charge in [-0.2, -0.15) is 0 Å². The first-order valence-electron chi connectivity index (χ1n) is 8.79. The van der Waals surface area contributed by atoms with Gasteiger partial charge in [0.15, 0.2) is 0 Å². The SMILES string of the molecule is O=C(NCc1nnc(-c2cccs2)o1)c1cccc(N2CCCCC2)c1. The number of hydrogen-bond acceptors (Lipinski definition) is 6. The highest BCUT2D eigenvalue weighted by molar-refractivity contribution is 7.13. The lowest BCUT2D eigenvalue weighted by atomic mass is 10.1. The van der Waals surface area contributed by atoms with Crippen LogP contribution < -0.4 is 10.2 Å². The van der Waals surface area contributed by atoms with Crippen LogP contribution in [-0.4, -0.2) is 29.2 Å². The standard InChI is InChI=1S/C19H20N4O2S/c24-18(14-6-4-7-15(12-14)23-9-2-1-3-10-23)20-13-17-21-22-19(25-17)16-8-5-11-26-16/h4-8,11-12H,1-3,9-10,13H2,(H,20,24). The smallest absolute Gasteiger partial charge is 0.257 e. The summed E-state index contributed by atoms with van der Waals surface area (Å²) in [5.41, 5.74) is 1.75. The summed E-state index contributed by atoms with van der Waals surface area (Å²) in [5, 5.41) is 12.8. The van der Waals surface area contributed by atoms with Crippen LogP contribution in [0.15, 0.2) is 46.2 Å². The van der Waals surface area contributed by atoms with E-state index >= 15 is 0 Å². The van der Waals surface area contributed by atoms with E-state index in [-0.39, 0.29) is 12.5 Å². The molecule has 0 atom stereocenters. The summed E-state index contributed by atoms with van der Waals surface area (Å²) in [6, 6.07) is 11.6. The molecule has 7 heteroatoms. The number of hydrogen-bond donors (Lipinski definition) is 1. The maximum absolute atomic E-state index is 12.5. The Hall–Kier alpha value is -2.67. The molecule has 1 aromatic carbocycles. The number of carbonyl (C=O) groups is 1. The van der Waals surface area contributed by atoms with Crippen LogP contribution in [0.4, 0.5) is 5.69 Å². The molecular formula is C19H20N4O2S. The summed E-state index contributed by atoms with van der Waals surface area (Å²) in [5.74, 6) is 0.741. The molecular weight excluding hydrogens is 348 g/mol. The molecule has 0 radical (unpaired) electrons. The lowest BCUT2D eigenvalue weighted by Gasteiger charge is -2.29. The van der Waals surface area contributed by atoms with Crippen molar-refractivity contribution in [2.24, 2.45) is 0 Å². The monoisotopic (exact) mass is 368 g/mol. The van der Waals surface area contributed by atoms with Gasteiger partial charge in [0.25, 0.3) is 11.8 Å². The van der Waals surface area contributed by atoms with Crippen molar-refractivity contribution in [3.63, 3.8) is 0 Å². The van der Waals surface area contributed by atoms with E-state index in [4.69, 9.17) is 4.42 Å². The summed E-state index contributed by atoms with van der Waals surface area (Å²) in [6.07, 6.45) is 3.70. The second-order valence-corrected chi connectivity index (χ2v) is 7.21. The zero-order valence-electron chi connectivity index (χ0n) is 14.4. The lowest BCUT2D eigenvalue weighted by Crippen LogP contribution is -2.30. The van der Waals surface area contributed by atoms with Crippen LogP contribution in [0.2, 0.25) is 0 Å². The second kappa shape index (κ2) is 7.70. The van der Waals surface area contributed by atoms with E-state index in [1.807, 2.05) is 35.7 Å². The van der Waals surface area contributed by atoms with Crippen LogP contribution in [0, 0.1) is 0 Å². The molecule has 3 aromatic rings. The van der Waals surface area contributed by atoms with Gasteiger partial charge >= 0.3 is 0 Å². The Morgan fingerprint density at radius 2 is 2.04 bits per heavy atom. The van der Waals surface area contributed by atoms with Gasteiger partial charge in [-0.3, -0.25) is 4.79 Å². The minimum absolute atomic E-state index is 0.139. The molecule has 3 heterocycles. The molecule has 1 amide bonds. The highest BCUT2D eigenvalue weighted by Crippen LogP contribution is 2.23. The van der Waals surface area contributed by atoms with E-state index in [9.17, 15) is 4.79 Å². The van der Waals surface area contributed by atoms with Gasteiger partial charge in [-0.05, 0) is 48.9 Å². The molecule has 1 fully saturated rings. The lowest BCUT2D eigenvalue weighted by molar-refractivity contribution is 0.0947. The number of anilines is 1. The fraction of sp³-hybridized carbons (Fsp3) is 0.316. The Kier molecular flexibility index (Phi) is 4.97. The Bertz CT molecular complexity index is 869. The Balaban J connectivity index is 1.39.